The molecule has 1 aromatic rings. The standard InChI is InChI=1S/C10H15ClOS2/c1-2-5-13-7-8(12)6-9-3-4-10(11)14-9/h3-4,8,12H,2,5-7H2,1H3. The van der Waals surface area contributed by atoms with Crippen molar-refractivity contribution in [1.29, 1.82) is 0 Å². The van der Waals surface area contributed by atoms with Gasteiger partial charge in [-0.05, 0) is 24.3 Å². The molecule has 0 spiro atoms. The SMILES string of the molecule is CCCSCC(O)Cc1ccc(Cl)s1. The van der Waals surface area contributed by atoms with Crippen molar-refractivity contribution in [3.05, 3.63) is 21.3 Å². The molecule has 4 heteroatoms. The third-order valence-corrected chi connectivity index (χ3v) is 4.30. The first-order chi connectivity index (χ1) is 6.72. The predicted octanol–water partition coefficient (Wildman–Crippen LogP) is 3.45. The minimum Gasteiger partial charge on any atom is -0.392 e. The molecule has 1 unspecified atom stereocenters. The van der Waals surface area contributed by atoms with E-state index in [1.165, 1.54) is 11.3 Å². The van der Waals surface area contributed by atoms with Gasteiger partial charge in [0, 0.05) is 17.1 Å². The highest BCUT2D eigenvalue weighted by Crippen LogP contribution is 2.23. The molecule has 0 aliphatic carbocycles. The first-order valence-electron chi connectivity index (χ1n) is 4.72. The van der Waals surface area contributed by atoms with Crippen LogP contribution in [0, 0.1) is 0 Å². The van der Waals surface area contributed by atoms with Gasteiger partial charge >= 0.3 is 0 Å². The Morgan fingerprint density at radius 2 is 2.36 bits per heavy atom. The van der Waals surface area contributed by atoms with Crippen LogP contribution in [0.4, 0.5) is 0 Å². The van der Waals surface area contributed by atoms with Crippen LogP contribution < -0.4 is 0 Å². The largest absolute Gasteiger partial charge is 0.392 e. The Hall–Kier alpha value is 0.300. The third-order valence-electron chi connectivity index (χ3n) is 1.72. The summed E-state index contributed by atoms with van der Waals surface area (Å²) in [6.45, 7) is 2.15. The van der Waals surface area contributed by atoms with Gasteiger partial charge in [0.1, 0.15) is 0 Å². The summed E-state index contributed by atoms with van der Waals surface area (Å²) in [4.78, 5) is 1.17. The Kier molecular flexibility index (Phi) is 5.94. The van der Waals surface area contributed by atoms with Gasteiger partial charge in [-0.2, -0.15) is 11.8 Å². The Morgan fingerprint density at radius 1 is 1.57 bits per heavy atom. The number of thioether (sulfide) groups is 1. The van der Waals surface area contributed by atoms with Gasteiger partial charge in [-0.3, -0.25) is 0 Å². The molecule has 1 heterocycles. The molecule has 0 bridgehead atoms. The second-order valence-electron chi connectivity index (χ2n) is 3.14. The van der Waals surface area contributed by atoms with Crippen LogP contribution in [0.2, 0.25) is 4.34 Å². The molecular weight excluding hydrogens is 236 g/mol. The van der Waals surface area contributed by atoms with Gasteiger partial charge in [0.05, 0.1) is 10.4 Å². The fraction of sp³-hybridized carbons (Fsp3) is 0.600. The van der Waals surface area contributed by atoms with Gasteiger partial charge in [0.2, 0.25) is 0 Å². The van der Waals surface area contributed by atoms with Crippen LogP contribution in [0.15, 0.2) is 12.1 Å². The molecule has 0 amide bonds. The van der Waals surface area contributed by atoms with E-state index in [1.54, 1.807) is 11.3 Å². The lowest BCUT2D eigenvalue weighted by atomic mass is 10.2. The summed E-state index contributed by atoms with van der Waals surface area (Å²) in [5, 5.41) is 9.68. The van der Waals surface area contributed by atoms with Crippen molar-refractivity contribution >= 4 is 34.7 Å². The zero-order valence-electron chi connectivity index (χ0n) is 8.20. The van der Waals surface area contributed by atoms with E-state index < -0.39 is 0 Å². The average Bonchev–Trinajstić information content (AvgIpc) is 2.52. The summed E-state index contributed by atoms with van der Waals surface area (Å²) >= 11 is 9.16. The van der Waals surface area contributed by atoms with Gasteiger partial charge in [-0.15, -0.1) is 11.3 Å². The average molecular weight is 251 g/mol. The molecule has 0 aromatic carbocycles. The Labute approximate surface area is 98.5 Å². The molecule has 80 valence electrons. The summed E-state index contributed by atoms with van der Waals surface area (Å²) in [5.74, 6) is 1.95. The van der Waals surface area contributed by atoms with Gasteiger partial charge in [0.25, 0.3) is 0 Å². The van der Waals surface area contributed by atoms with Crippen LogP contribution in [0.5, 0.6) is 0 Å². The van der Waals surface area contributed by atoms with E-state index in [0.717, 1.165) is 22.3 Å². The first-order valence-corrected chi connectivity index (χ1v) is 7.07. The molecule has 0 fully saturated rings. The summed E-state index contributed by atoms with van der Waals surface area (Å²) < 4.78 is 0.799. The number of rotatable bonds is 6. The van der Waals surface area contributed by atoms with E-state index in [9.17, 15) is 5.11 Å². The second kappa shape index (κ2) is 6.72. The highest BCUT2D eigenvalue weighted by atomic mass is 35.5. The summed E-state index contributed by atoms with van der Waals surface area (Å²) in [6, 6.07) is 3.87. The molecular formula is C10H15ClOS2. The van der Waals surface area contributed by atoms with Crippen molar-refractivity contribution in [2.24, 2.45) is 0 Å². The number of thiophene rings is 1. The molecule has 0 saturated heterocycles. The minimum atomic E-state index is -0.235. The van der Waals surface area contributed by atoms with Gasteiger partial charge in [-0.25, -0.2) is 0 Å². The van der Waals surface area contributed by atoms with Gasteiger partial charge in [-0.1, -0.05) is 18.5 Å². The molecule has 0 aliphatic rings. The van der Waals surface area contributed by atoms with E-state index in [2.05, 4.69) is 6.92 Å². The summed E-state index contributed by atoms with van der Waals surface area (Å²) in [6.07, 6.45) is 1.66. The maximum atomic E-state index is 9.68. The van der Waals surface area contributed by atoms with Crippen LogP contribution in [-0.4, -0.2) is 22.7 Å². The zero-order valence-corrected chi connectivity index (χ0v) is 10.6. The van der Waals surface area contributed by atoms with E-state index in [1.807, 2.05) is 23.9 Å². The lowest BCUT2D eigenvalue weighted by Gasteiger charge is -2.07. The normalized spacial score (nSPS) is 13.1. The highest BCUT2D eigenvalue weighted by Gasteiger charge is 2.07. The Balaban J connectivity index is 2.23. The smallest absolute Gasteiger partial charge is 0.0931 e. The maximum absolute atomic E-state index is 9.68. The zero-order chi connectivity index (χ0) is 10.4. The van der Waals surface area contributed by atoms with Crippen molar-refractivity contribution in [3.63, 3.8) is 0 Å². The number of halogens is 1. The van der Waals surface area contributed by atoms with Crippen molar-refractivity contribution in [1.82, 2.24) is 0 Å². The molecule has 1 rings (SSSR count). The van der Waals surface area contributed by atoms with Crippen LogP contribution in [0.3, 0.4) is 0 Å². The number of hydrogen-bond donors (Lipinski definition) is 1. The topological polar surface area (TPSA) is 20.2 Å². The molecule has 1 N–H and O–H groups in total. The first kappa shape index (κ1) is 12.4. The fourth-order valence-electron chi connectivity index (χ4n) is 1.12. The molecule has 0 saturated carbocycles. The fourth-order valence-corrected chi connectivity index (χ4v) is 3.12. The monoisotopic (exact) mass is 250 g/mol. The van der Waals surface area contributed by atoms with E-state index in [-0.39, 0.29) is 6.10 Å². The number of aliphatic hydroxyl groups is 1. The van der Waals surface area contributed by atoms with Crippen molar-refractivity contribution in [3.8, 4) is 0 Å². The highest BCUT2D eigenvalue weighted by molar-refractivity contribution is 7.99. The third kappa shape index (κ3) is 4.69. The van der Waals surface area contributed by atoms with Crippen molar-refractivity contribution < 1.29 is 5.11 Å². The van der Waals surface area contributed by atoms with Crippen LogP contribution >= 0.6 is 34.7 Å². The summed E-state index contributed by atoms with van der Waals surface area (Å²) in [5.41, 5.74) is 0. The number of hydrogen-bond acceptors (Lipinski definition) is 3. The quantitative estimate of drug-likeness (QED) is 0.781. The molecule has 1 aromatic heterocycles. The Morgan fingerprint density at radius 3 is 2.93 bits per heavy atom. The lowest BCUT2D eigenvalue weighted by molar-refractivity contribution is 0.201. The molecule has 0 aliphatic heterocycles. The van der Waals surface area contributed by atoms with Gasteiger partial charge in [0.15, 0.2) is 0 Å². The second-order valence-corrected chi connectivity index (χ2v) is 6.09. The predicted molar refractivity (Wildman–Crippen MR) is 66.7 cm³/mol. The van der Waals surface area contributed by atoms with E-state index >= 15 is 0 Å². The Bertz CT molecular complexity index is 262. The maximum Gasteiger partial charge on any atom is 0.0931 e. The molecule has 1 atom stereocenters. The van der Waals surface area contributed by atoms with E-state index in [4.69, 9.17) is 11.6 Å². The lowest BCUT2D eigenvalue weighted by Crippen LogP contribution is -2.12. The molecule has 14 heavy (non-hydrogen) atoms. The summed E-state index contributed by atoms with van der Waals surface area (Å²) in [7, 11) is 0. The van der Waals surface area contributed by atoms with E-state index in [0.29, 0.717) is 0 Å². The minimum absolute atomic E-state index is 0.235. The molecule has 0 radical (unpaired) electrons. The van der Waals surface area contributed by atoms with Gasteiger partial charge < -0.3 is 5.11 Å². The van der Waals surface area contributed by atoms with Crippen molar-refractivity contribution in [2.75, 3.05) is 11.5 Å². The van der Waals surface area contributed by atoms with Crippen molar-refractivity contribution in [2.45, 2.75) is 25.9 Å². The number of aliphatic hydroxyl groups excluding tert-OH is 1. The van der Waals surface area contributed by atoms with Crippen LogP contribution in [0.25, 0.3) is 0 Å². The molecule has 1 nitrogen and oxygen atoms in total. The van der Waals surface area contributed by atoms with Crippen LogP contribution in [0.1, 0.15) is 18.2 Å². The van der Waals surface area contributed by atoms with Crippen LogP contribution in [-0.2, 0) is 6.42 Å².